The number of pyridine rings is 1. The summed E-state index contributed by atoms with van der Waals surface area (Å²) >= 11 is 5.69. The monoisotopic (exact) mass is 325 g/mol. The highest BCUT2D eigenvalue weighted by Crippen LogP contribution is 2.14. The molecule has 0 aromatic carbocycles. The van der Waals surface area contributed by atoms with Crippen molar-refractivity contribution in [2.24, 2.45) is 0 Å². The summed E-state index contributed by atoms with van der Waals surface area (Å²) in [5, 5.41) is 0.298. The number of rotatable bonds is 6. The molecule has 0 bridgehead atoms. The van der Waals surface area contributed by atoms with Gasteiger partial charge in [0, 0.05) is 11.4 Å². The molecule has 1 heterocycles. The third-order valence-electron chi connectivity index (χ3n) is 2.68. The second-order valence-electron chi connectivity index (χ2n) is 4.21. The minimum Gasteiger partial charge on any atom is -0.241 e. The molecule has 1 aromatic heterocycles. The van der Waals surface area contributed by atoms with Crippen LogP contribution in [-0.4, -0.2) is 39.1 Å². The first-order valence-corrected chi connectivity index (χ1v) is 9.70. The Labute approximate surface area is 118 Å². The lowest BCUT2D eigenvalue weighted by Crippen LogP contribution is -2.20. The number of aryl methyl sites for hydroxylation is 1. The Morgan fingerprint density at radius 1 is 1.11 bits per heavy atom. The molecular weight excluding hydrogens is 310 g/mol. The normalized spacial score (nSPS) is 12.6. The lowest BCUT2D eigenvalue weighted by Gasteiger charge is -2.07. The van der Waals surface area contributed by atoms with Gasteiger partial charge in [0.05, 0.1) is 17.3 Å². The van der Waals surface area contributed by atoms with E-state index in [-0.39, 0.29) is 23.0 Å². The van der Waals surface area contributed by atoms with Crippen molar-refractivity contribution in [2.45, 2.75) is 19.6 Å². The molecule has 0 radical (unpaired) electrons. The van der Waals surface area contributed by atoms with Gasteiger partial charge in [-0.25, -0.2) is 21.8 Å². The molecule has 0 spiro atoms. The van der Waals surface area contributed by atoms with E-state index in [1.807, 2.05) is 0 Å². The molecule has 108 valence electrons. The Bertz CT molecular complexity index is 653. The molecule has 1 aromatic rings. The molecule has 0 unspecified atom stereocenters. The van der Waals surface area contributed by atoms with Gasteiger partial charge in [0.25, 0.3) is 0 Å². The molecule has 0 fully saturated rings. The Kier molecular flexibility index (Phi) is 5.34. The minimum absolute atomic E-state index is 0.0515. The van der Waals surface area contributed by atoms with Gasteiger partial charge in [-0.3, -0.25) is 0 Å². The molecule has 19 heavy (non-hydrogen) atoms. The maximum atomic E-state index is 11.9. The number of sulfone groups is 2. The molecule has 0 saturated carbocycles. The number of halogens is 1. The van der Waals surface area contributed by atoms with E-state index in [1.54, 1.807) is 13.0 Å². The summed E-state index contributed by atoms with van der Waals surface area (Å²) in [5.74, 6) is -0.983. The quantitative estimate of drug-likeness (QED) is 0.738. The van der Waals surface area contributed by atoms with Crippen LogP contribution in [0.25, 0.3) is 0 Å². The van der Waals surface area contributed by atoms with Gasteiger partial charge in [0.2, 0.25) is 0 Å². The predicted molar refractivity (Wildman–Crippen MR) is 75.8 cm³/mol. The van der Waals surface area contributed by atoms with Gasteiger partial charge in [-0.1, -0.05) is 24.6 Å². The second-order valence-corrected chi connectivity index (χ2v) is 9.25. The maximum Gasteiger partial charge on any atom is 0.155 e. The summed E-state index contributed by atoms with van der Waals surface area (Å²) in [4.78, 5) is 3.97. The Balaban J connectivity index is 2.80. The lowest BCUT2D eigenvalue weighted by atomic mass is 10.2. The van der Waals surface area contributed by atoms with Crippen molar-refractivity contribution in [1.29, 1.82) is 0 Å². The van der Waals surface area contributed by atoms with Crippen LogP contribution in [0.4, 0.5) is 0 Å². The van der Waals surface area contributed by atoms with Gasteiger partial charge in [-0.15, -0.1) is 0 Å². The van der Waals surface area contributed by atoms with Crippen molar-refractivity contribution in [1.82, 2.24) is 4.98 Å². The molecule has 0 saturated heterocycles. The van der Waals surface area contributed by atoms with E-state index in [1.165, 1.54) is 13.0 Å². The van der Waals surface area contributed by atoms with Crippen LogP contribution in [0.5, 0.6) is 0 Å². The first kappa shape index (κ1) is 16.4. The van der Waals surface area contributed by atoms with Crippen LogP contribution >= 0.6 is 11.6 Å². The molecule has 0 aliphatic carbocycles. The first-order valence-electron chi connectivity index (χ1n) is 5.68. The van der Waals surface area contributed by atoms with Crippen LogP contribution in [0.15, 0.2) is 12.1 Å². The van der Waals surface area contributed by atoms with Gasteiger partial charge in [0.15, 0.2) is 19.7 Å². The molecule has 0 aliphatic rings. The third-order valence-corrected chi connectivity index (χ3v) is 6.43. The SMILES string of the molecule is CCS(=O)(=O)CCS(=O)(=O)Cc1ccc(Cl)nc1C. The van der Waals surface area contributed by atoms with Gasteiger partial charge in [-0.2, -0.15) is 0 Å². The molecule has 8 heteroatoms. The van der Waals surface area contributed by atoms with Crippen LogP contribution in [0, 0.1) is 6.92 Å². The third kappa shape index (κ3) is 5.46. The number of hydrogen-bond acceptors (Lipinski definition) is 5. The maximum absolute atomic E-state index is 11.9. The largest absolute Gasteiger partial charge is 0.241 e. The molecule has 0 atom stereocenters. The highest BCUT2D eigenvalue weighted by atomic mass is 35.5. The van der Waals surface area contributed by atoms with Crippen LogP contribution in [0.3, 0.4) is 0 Å². The molecule has 0 N–H and O–H groups in total. The fourth-order valence-electron chi connectivity index (χ4n) is 1.42. The van der Waals surface area contributed by atoms with E-state index >= 15 is 0 Å². The highest BCUT2D eigenvalue weighted by molar-refractivity contribution is 7.94. The summed E-state index contributed by atoms with van der Waals surface area (Å²) in [6.45, 7) is 3.16. The Morgan fingerprint density at radius 3 is 2.21 bits per heavy atom. The first-order chi connectivity index (χ1) is 8.65. The fraction of sp³-hybridized carbons (Fsp3) is 0.545. The van der Waals surface area contributed by atoms with E-state index in [0.717, 1.165) is 0 Å². The second kappa shape index (κ2) is 6.19. The van der Waals surface area contributed by atoms with Crippen molar-refractivity contribution >= 4 is 31.3 Å². The zero-order chi connectivity index (χ0) is 14.7. The van der Waals surface area contributed by atoms with Crippen molar-refractivity contribution < 1.29 is 16.8 Å². The Hall–Kier alpha value is -0.660. The fourth-order valence-corrected chi connectivity index (χ4v) is 4.85. The average Bonchev–Trinajstić information content (AvgIpc) is 2.31. The molecule has 5 nitrogen and oxygen atoms in total. The number of aromatic nitrogens is 1. The van der Waals surface area contributed by atoms with Gasteiger partial charge in [0.1, 0.15) is 5.15 Å². The molecule has 0 amide bonds. The zero-order valence-corrected chi connectivity index (χ0v) is 13.1. The summed E-state index contributed by atoms with van der Waals surface area (Å²) in [7, 11) is -6.75. The highest BCUT2D eigenvalue weighted by Gasteiger charge is 2.18. The summed E-state index contributed by atoms with van der Waals surface area (Å²) in [6, 6.07) is 3.11. The Morgan fingerprint density at radius 2 is 1.68 bits per heavy atom. The van der Waals surface area contributed by atoms with E-state index in [9.17, 15) is 16.8 Å². The molecule has 1 rings (SSSR count). The predicted octanol–water partition coefficient (Wildman–Crippen LogP) is 1.39. The van der Waals surface area contributed by atoms with Crippen LogP contribution in [0.1, 0.15) is 18.2 Å². The van der Waals surface area contributed by atoms with Gasteiger partial charge < -0.3 is 0 Å². The molecular formula is C11H16ClNO4S2. The van der Waals surface area contributed by atoms with Crippen molar-refractivity contribution in [3.8, 4) is 0 Å². The van der Waals surface area contributed by atoms with E-state index < -0.39 is 19.7 Å². The standard InChI is InChI=1S/C11H16ClNO4S2/c1-3-18(14,15)6-7-19(16,17)8-10-4-5-11(12)13-9(10)2/h4-5H,3,6-8H2,1-2H3. The van der Waals surface area contributed by atoms with Crippen LogP contribution in [0.2, 0.25) is 5.15 Å². The van der Waals surface area contributed by atoms with E-state index in [2.05, 4.69) is 4.98 Å². The van der Waals surface area contributed by atoms with Crippen molar-refractivity contribution in [3.05, 3.63) is 28.5 Å². The summed E-state index contributed by atoms with van der Waals surface area (Å²) in [5.41, 5.74) is 1.08. The number of hydrogen-bond donors (Lipinski definition) is 0. The summed E-state index contributed by atoms with van der Waals surface area (Å²) < 4.78 is 46.4. The van der Waals surface area contributed by atoms with Gasteiger partial charge >= 0.3 is 0 Å². The smallest absolute Gasteiger partial charge is 0.155 e. The van der Waals surface area contributed by atoms with Crippen molar-refractivity contribution in [2.75, 3.05) is 17.3 Å². The zero-order valence-electron chi connectivity index (χ0n) is 10.8. The minimum atomic E-state index is -3.48. The number of nitrogens with zero attached hydrogens (tertiary/aromatic N) is 1. The summed E-state index contributed by atoms with van der Waals surface area (Å²) in [6.07, 6.45) is 0. The van der Waals surface area contributed by atoms with Crippen LogP contribution in [-0.2, 0) is 25.4 Å². The molecule has 0 aliphatic heterocycles. The average molecular weight is 326 g/mol. The van der Waals surface area contributed by atoms with Crippen molar-refractivity contribution in [3.63, 3.8) is 0 Å². The van der Waals surface area contributed by atoms with Gasteiger partial charge in [-0.05, 0) is 18.6 Å². The van der Waals surface area contributed by atoms with Crippen LogP contribution < -0.4 is 0 Å². The topological polar surface area (TPSA) is 81.2 Å². The van der Waals surface area contributed by atoms with E-state index in [0.29, 0.717) is 16.4 Å². The van der Waals surface area contributed by atoms with E-state index in [4.69, 9.17) is 11.6 Å². The lowest BCUT2D eigenvalue weighted by molar-refractivity contribution is 0.587.